The molecular weight excluding hydrogens is 466 g/mol. The van der Waals surface area contributed by atoms with Gasteiger partial charge < -0.3 is 26.6 Å². The second-order valence-corrected chi connectivity index (χ2v) is 15.8. The van der Waals surface area contributed by atoms with Crippen LogP contribution in [0.5, 0.6) is 0 Å². The summed E-state index contributed by atoms with van der Waals surface area (Å²) in [4.78, 5) is 0. The largest absolute Gasteiger partial charge is 0.500 e. The van der Waals surface area contributed by atoms with Crippen LogP contribution < -0.4 is 0 Å². The zero-order valence-electron chi connectivity index (χ0n) is 22.0. The van der Waals surface area contributed by atoms with Crippen LogP contribution in [-0.4, -0.2) is 83.4 Å². The molecule has 0 aliphatic carbocycles. The molecule has 0 fully saturated rings. The highest BCUT2D eigenvalue weighted by atomic mass is 31.1. The van der Waals surface area contributed by atoms with Crippen LogP contribution in [0.1, 0.15) is 60.3 Å². The van der Waals surface area contributed by atoms with Crippen LogP contribution in [-0.2, 0) is 26.6 Å². The maximum absolute atomic E-state index is 5.85. The molecule has 0 saturated carbocycles. The number of hydrogen-bond donors (Lipinski definition) is 0. The summed E-state index contributed by atoms with van der Waals surface area (Å²) in [6, 6.07) is 1.89. The van der Waals surface area contributed by atoms with Gasteiger partial charge in [0.25, 0.3) is 0 Å². The molecule has 0 saturated heterocycles. The lowest BCUT2D eigenvalue weighted by atomic mass is 10.3. The van der Waals surface area contributed by atoms with Gasteiger partial charge in [-0.1, -0.05) is 13.8 Å². The van der Waals surface area contributed by atoms with Gasteiger partial charge in [0.15, 0.2) is 0 Å². The van der Waals surface area contributed by atoms with E-state index in [1.807, 2.05) is 20.8 Å². The predicted molar refractivity (Wildman–Crippen MR) is 143 cm³/mol. The minimum absolute atomic E-state index is 0.678. The van der Waals surface area contributed by atoms with E-state index in [-0.39, 0.29) is 0 Å². The Kier molecular flexibility index (Phi) is 23.8. The summed E-state index contributed by atoms with van der Waals surface area (Å²) in [6.45, 7) is 17.1. The lowest BCUT2D eigenvalue weighted by Crippen LogP contribution is -2.46. The molecule has 0 heterocycles. The molecule has 0 rings (SSSR count). The van der Waals surface area contributed by atoms with Crippen LogP contribution in [0.2, 0.25) is 12.1 Å². The molecule has 0 aromatic rings. The first kappa shape index (κ1) is 34.2. The molecule has 0 aromatic heterocycles. The van der Waals surface area contributed by atoms with E-state index in [1.165, 1.54) is 12.8 Å². The summed E-state index contributed by atoms with van der Waals surface area (Å²) in [6.07, 6.45) is 4.78. The van der Waals surface area contributed by atoms with E-state index in [9.17, 15) is 0 Å². The van der Waals surface area contributed by atoms with Gasteiger partial charge in [0.05, 0.1) is 0 Å². The van der Waals surface area contributed by atoms with Crippen molar-refractivity contribution in [1.82, 2.24) is 0 Å². The van der Waals surface area contributed by atoms with Gasteiger partial charge in [-0.2, -0.15) is 0 Å². The summed E-state index contributed by atoms with van der Waals surface area (Å²) in [5.74, 6) is 0. The summed E-state index contributed by atoms with van der Waals surface area (Å²) in [5, 5.41) is 0. The SMILES string of the molecule is CCC(CC[Si](OC)(OC)OC)PC.CCO[Si](CCC(CC)PC)(OCC)OCC. The highest BCUT2D eigenvalue weighted by Gasteiger charge is 2.40. The van der Waals surface area contributed by atoms with Crippen molar-refractivity contribution >= 4 is 34.8 Å². The molecular formula is C21H52O6P2Si2. The molecule has 4 atom stereocenters. The molecule has 0 aliphatic heterocycles. The van der Waals surface area contributed by atoms with Crippen molar-refractivity contribution in [2.45, 2.75) is 83.7 Å². The van der Waals surface area contributed by atoms with E-state index in [0.29, 0.717) is 19.8 Å². The van der Waals surface area contributed by atoms with Gasteiger partial charge in [-0.05, 0) is 71.1 Å². The van der Waals surface area contributed by atoms with Gasteiger partial charge in [-0.15, -0.1) is 17.2 Å². The monoisotopic (exact) mass is 518 g/mol. The summed E-state index contributed by atoms with van der Waals surface area (Å²) in [5.41, 5.74) is 1.59. The minimum Gasteiger partial charge on any atom is -0.377 e. The van der Waals surface area contributed by atoms with E-state index in [4.69, 9.17) is 26.6 Å². The topological polar surface area (TPSA) is 55.4 Å². The Balaban J connectivity index is 0. The van der Waals surface area contributed by atoms with Crippen molar-refractivity contribution in [2.75, 3.05) is 54.5 Å². The third-order valence-corrected chi connectivity index (χ3v) is 14.3. The maximum Gasteiger partial charge on any atom is 0.500 e. The van der Waals surface area contributed by atoms with E-state index >= 15 is 0 Å². The van der Waals surface area contributed by atoms with Gasteiger partial charge in [-0.25, -0.2) is 0 Å². The summed E-state index contributed by atoms with van der Waals surface area (Å²) in [7, 11) is 2.32. The fraction of sp³-hybridized carbons (Fsp3) is 1.00. The standard InChI is InChI=1S/C12H29O3PSi.C9H23O3PSi/c1-6-12(16-5)10-11-17(13-7-2,14-8-3)15-9-4;1-6-9(13-5)7-8-14(10-2,11-3)12-4/h12,16H,6-11H2,1-5H3;9,13H,6-8H2,1-5H3. The van der Waals surface area contributed by atoms with E-state index in [0.717, 1.165) is 53.4 Å². The second-order valence-electron chi connectivity index (χ2n) is 7.14. The highest BCUT2D eigenvalue weighted by molar-refractivity contribution is 7.38. The minimum atomic E-state index is -2.39. The molecule has 0 bridgehead atoms. The maximum atomic E-state index is 5.85. The molecule has 0 amide bonds. The Morgan fingerprint density at radius 1 is 0.581 bits per heavy atom. The molecule has 6 nitrogen and oxygen atoms in total. The van der Waals surface area contributed by atoms with Gasteiger partial charge in [0.2, 0.25) is 0 Å². The highest BCUT2D eigenvalue weighted by Crippen LogP contribution is 2.28. The second kappa shape index (κ2) is 21.6. The molecule has 0 aliphatic rings. The molecule has 0 spiro atoms. The Bertz CT molecular complexity index is 360. The molecule has 0 radical (unpaired) electrons. The Labute approximate surface area is 199 Å². The quantitative estimate of drug-likeness (QED) is 0.158. The van der Waals surface area contributed by atoms with E-state index in [2.05, 4.69) is 27.2 Å². The van der Waals surface area contributed by atoms with Crippen LogP contribution in [0.4, 0.5) is 0 Å². The van der Waals surface area contributed by atoms with Gasteiger partial charge in [0.1, 0.15) is 0 Å². The summed E-state index contributed by atoms with van der Waals surface area (Å²) >= 11 is 0. The first-order valence-electron chi connectivity index (χ1n) is 11.8. The molecule has 0 aromatic carbocycles. The zero-order valence-corrected chi connectivity index (χ0v) is 26.0. The first-order valence-corrected chi connectivity index (χ1v) is 18.8. The van der Waals surface area contributed by atoms with Crippen molar-refractivity contribution in [3.8, 4) is 0 Å². The normalized spacial score (nSPS) is 14.9. The number of hydrogen-bond acceptors (Lipinski definition) is 6. The predicted octanol–water partition coefficient (Wildman–Crippen LogP) is 5.85. The van der Waals surface area contributed by atoms with E-state index < -0.39 is 17.6 Å². The molecule has 190 valence electrons. The Morgan fingerprint density at radius 2 is 0.903 bits per heavy atom. The lowest BCUT2D eigenvalue weighted by molar-refractivity contribution is 0.0707. The van der Waals surface area contributed by atoms with Crippen molar-refractivity contribution in [2.24, 2.45) is 0 Å². The van der Waals surface area contributed by atoms with Crippen LogP contribution in [0, 0.1) is 0 Å². The van der Waals surface area contributed by atoms with Gasteiger partial charge in [0, 0.05) is 53.2 Å². The third-order valence-electron chi connectivity index (χ3n) is 5.43. The molecule has 31 heavy (non-hydrogen) atoms. The van der Waals surface area contributed by atoms with E-state index in [1.54, 1.807) is 21.3 Å². The van der Waals surface area contributed by atoms with Crippen LogP contribution >= 0.6 is 17.2 Å². The average molecular weight is 519 g/mol. The van der Waals surface area contributed by atoms with Crippen LogP contribution in [0.25, 0.3) is 0 Å². The lowest BCUT2D eigenvalue weighted by Gasteiger charge is -2.29. The van der Waals surface area contributed by atoms with Gasteiger partial charge >= 0.3 is 17.6 Å². The van der Waals surface area contributed by atoms with Gasteiger partial charge in [-0.3, -0.25) is 0 Å². The molecule has 4 unspecified atom stereocenters. The molecule has 10 heteroatoms. The zero-order chi connectivity index (χ0) is 24.2. The smallest absolute Gasteiger partial charge is 0.377 e. The Hall–Kier alpha value is 1.05. The van der Waals surface area contributed by atoms with Crippen molar-refractivity contribution in [3.05, 3.63) is 0 Å². The fourth-order valence-corrected chi connectivity index (χ4v) is 10.1. The van der Waals surface area contributed by atoms with Crippen LogP contribution in [0.3, 0.4) is 0 Å². The Morgan fingerprint density at radius 3 is 1.13 bits per heavy atom. The van der Waals surface area contributed by atoms with Crippen LogP contribution in [0.15, 0.2) is 0 Å². The summed E-state index contributed by atoms with van der Waals surface area (Å²) < 4.78 is 33.7. The first-order chi connectivity index (χ1) is 14.8. The van der Waals surface area contributed by atoms with Crippen molar-refractivity contribution < 1.29 is 26.6 Å². The number of rotatable bonds is 19. The fourth-order valence-electron chi connectivity index (χ4n) is 3.36. The average Bonchev–Trinajstić information content (AvgIpc) is 2.79. The van der Waals surface area contributed by atoms with Crippen molar-refractivity contribution in [3.63, 3.8) is 0 Å². The van der Waals surface area contributed by atoms with Crippen molar-refractivity contribution in [1.29, 1.82) is 0 Å². The third kappa shape index (κ3) is 14.8. The molecule has 0 N–H and O–H groups in total.